The predicted molar refractivity (Wildman–Crippen MR) is 80.8 cm³/mol. The van der Waals surface area contributed by atoms with Gasteiger partial charge in [0.05, 0.1) is 6.20 Å². The Bertz CT molecular complexity index is 558. The van der Waals surface area contributed by atoms with E-state index in [4.69, 9.17) is 0 Å². The van der Waals surface area contributed by atoms with Crippen molar-refractivity contribution < 1.29 is 0 Å². The van der Waals surface area contributed by atoms with E-state index >= 15 is 0 Å². The highest BCUT2D eigenvalue weighted by Crippen LogP contribution is 2.22. The highest BCUT2D eigenvalue weighted by molar-refractivity contribution is 9.10. The zero-order chi connectivity index (χ0) is 13.7. The quantitative estimate of drug-likeness (QED) is 0.882. The molecule has 0 atom stereocenters. The fraction of sp³-hybridized carbons (Fsp3) is 0.308. The van der Waals surface area contributed by atoms with Gasteiger partial charge in [-0.1, -0.05) is 22.9 Å². The lowest BCUT2D eigenvalue weighted by molar-refractivity contribution is 0.913. The Hall–Kier alpha value is -1.69. The Kier molecular flexibility index (Phi) is 4.68. The minimum absolute atomic E-state index is 0.542. The van der Waals surface area contributed by atoms with Crippen LogP contribution in [0.15, 0.2) is 28.9 Å². The van der Waals surface area contributed by atoms with Crippen molar-refractivity contribution in [1.82, 2.24) is 15.2 Å². The van der Waals surface area contributed by atoms with Gasteiger partial charge >= 0.3 is 0 Å². The maximum atomic E-state index is 4.35. The Morgan fingerprint density at radius 2 is 2.16 bits per heavy atom. The molecule has 2 rings (SSSR count). The largest absolute Gasteiger partial charge is 0.353 e. The predicted octanol–water partition coefficient (Wildman–Crippen LogP) is 3.51. The second kappa shape index (κ2) is 6.47. The van der Waals surface area contributed by atoms with Crippen LogP contribution in [0.3, 0.4) is 0 Å². The highest BCUT2D eigenvalue weighted by atomic mass is 79.9. The first-order valence-corrected chi connectivity index (χ1v) is 6.95. The number of hydrogen-bond donors (Lipinski definition) is 2. The van der Waals surface area contributed by atoms with Crippen LogP contribution in [0.4, 0.5) is 17.5 Å². The van der Waals surface area contributed by atoms with Crippen LogP contribution in [-0.2, 0) is 0 Å². The number of aromatic nitrogens is 3. The fourth-order valence-electron chi connectivity index (χ4n) is 1.55. The Morgan fingerprint density at radius 1 is 1.32 bits per heavy atom. The van der Waals surface area contributed by atoms with E-state index < -0.39 is 0 Å². The molecule has 0 radical (unpaired) electrons. The molecule has 1 aromatic heterocycles. The second-order valence-corrected chi connectivity index (χ2v) is 5.04. The maximum absolute atomic E-state index is 4.35. The van der Waals surface area contributed by atoms with Crippen molar-refractivity contribution in [2.24, 2.45) is 0 Å². The summed E-state index contributed by atoms with van der Waals surface area (Å²) < 4.78 is 1.09. The number of aryl methyl sites for hydroxylation is 1. The molecule has 100 valence electrons. The molecule has 2 aromatic rings. The van der Waals surface area contributed by atoms with Crippen molar-refractivity contribution in [2.75, 3.05) is 17.2 Å². The van der Waals surface area contributed by atoms with E-state index in [0.717, 1.165) is 28.7 Å². The third-order valence-corrected chi connectivity index (χ3v) is 3.41. The summed E-state index contributed by atoms with van der Waals surface area (Å²) in [6.45, 7) is 4.97. The molecule has 0 aliphatic rings. The van der Waals surface area contributed by atoms with E-state index in [1.165, 1.54) is 0 Å². The minimum Gasteiger partial charge on any atom is -0.353 e. The topological polar surface area (TPSA) is 62.7 Å². The number of rotatable bonds is 5. The van der Waals surface area contributed by atoms with Crippen molar-refractivity contribution in [1.29, 1.82) is 0 Å². The molecule has 0 unspecified atom stereocenters. The number of benzene rings is 1. The van der Waals surface area contributed by atoms with Crippen molar-refractivity contribution in [3.05, 3.63) is 34.4 Å². The number of halogens is 1. The zero-order valence-electron chi connectivity index (χ0n) is 10.9. The molecule has 0 spiro atoms. The lowest BCUT2D eigenvalue weighted by Crippen LogP contribution is -2.06. The van der Waals surface area contributed by atoms with E-state index in [9.17, 15) is 0 Å². The molecule has 1 heterocycles. The molecule has 0 bridgehead atoms. The SMILES string of the molecule is CCCNc1nncc(Nc2ccc(Br)c(C)c2)n1. The van der Waals surface area contributed by atoms with Gasteiger partial charge in [-0.3, -0.25) is 0 Å². The van der Waals surface area contributed by atoms with Crippen LogP contribution in [0.25, 0.3) is 0 Å². The number of nitrogens with one attached hydrogen (secondary N) is 2. The summed E-state index contributed by atoms with van der Waals surface area (Å²) in [4.78, 5) is 4.35. The minimum atomic E-state index is 0.542. The van der Waals surface area contributed by atoms with Crippen LogP contribution in [0.2, 0.25) is 0 Å². The second-order valence-electron chi connectivity index (χ2n) is 4.18. The molecule has 1 aromatic carbocycles. The summed E-state index contributed by atoms with van der Waals surface area (Å²) >= 11 is 3.48. The Labute approximate surface area is 121 Å². The third-order valence-electron chi connectivity index (χ3n) is 2.52. The molecule has 0 saturated carbocycles. The first-order chi connectivity index (χ1) is 9.19. The van der Waals surface area contributed by atoms with E-state index in [2.05, 4.69) is 48.7 Å². The van der Waals surface area contributed by atoms with Crippen molar-refractivity contribution in [3.8, 4) is 0 Å². The van der Waals surface area contributed by atoms with E-state index in [1.54, 1.807) is 6.20 Å². The Morgan fingerprint density at radius 3 is 2.89 bits per heavy atom. The molecular weight excluding hydrogens is 306 g/mol. The van der Waals surface area contributed by atoms with Crippen LogP contribution >= 0.6 is 15.9 Å². The number of hydrogen-bond acceptors (Lipinski definition) is 5. The summed E-state index contributed by atoms with van der Waals surface area (Å²) in [5.41, 5.74) is 2.14. The van der Waals surface area contributed by atoms with E-state index in [1.807, 2.05) is 25.1 Å². The zero-order valence-corrected chi connectivity index (χ0v) is 12.5. The number of anilines is 3. The molecule has 0 fully saturated rings. The summed E-state index contributed by atoms with van der Waals surface area (Å²) in [5.74, 6) is 1.22. The molecule has 0 aliphatic carbocycles. The first kappa shape index (κ1) is 13.7. The van der Waals surface area contributed by atoms with Crippen LogP contribution in [0.5, 0.6) is 0 Å². The highest BCUT2D eigenvalue weighted by Gasteiger charge is 2.02. The van der Waals surface area contributed by atoms with Crippen LogP contribution in [0, 0.1) is 6.92 Å². The maximum Gasteiger partial charge on any atom is 0.244 e. The van der Waals surface area contributed by atoms with Crippen molar-refractivity contribution >= 4 is 33.4 Å². The average molecular weight is 322 g/mol. The molecule has 6 heteroatoms. The smallest absolute Gasteiger partial charge is 0.244 e. The van der Waals surface area contributed by atoms with Gasteiger partial charge in [0.2, 0.25) is 5.95 Å². The monoisotopic (exact) mass is 321 g/mol. The standard InChI is InChI=1S/C13H16BrN5/c1-3-6-15-13-18-12(8-16-19-13)17-10-4-5-11(14)9(2)7-10/h4-5,7-8H,3,6H2,1-2H3,(H2,15,17,18,19). The molecule has 0 saturated heterocycles. The van der Waals surface area contributed by atoms with Crippen LogP contribution < -0.4 is 10.6 Å². The van der Waals surface area contributed by atoms with Gasteiger partial charge in [-0.2, -0.15) is 10.1 Å². The normalized spacial score (nSPS) is 10.3. The van der Waals surface area contributed by atoms with Gasteiger partial charge in [0, 0.05) is 16.7 Å². The van der Waals surface area contributed by atoms with Gasteiger partial charge in [-0.15, -0.1) is 5.10 Å². The van der Waals surface area contributed by atoms with Crippen LogP contribution in [-0.4, -0.2) is 21.7 Å². The molecule has 2 N–H and O–H groups in total. The van der Waals surface area contributed by atoms with Crippen molar-refractivity contribution in [2.45, 2.75) is 20.3 Å². The first-order valence-electron chi connectivity index (χ1n) is 6.16. The summed E-state index contributed by atoms with van der Waals surface area (Å²) in [7, 11) is 0. The summed E-state index contributed by atoms with van der Waals surface area (Å²) in [5, 5.41) is 14.2. The van der Waals surface area contributed by atoms with Gasteiger partial charge < -0.3 is 10.6 Å². The van der Waals surface area contributed by atoms with E-state index in [0.29, 0.717) is 11.8 Å². The summed E-state index contributed by atoms with van der Waals surface area (Å²) in [6, 6.07) is 6.03. The van der Waals surface area contributed by atoms with Crippen LogP contribution in [0.1, 0.15) is 18.9 Å². The third kappa shape index (κ3) is 3.89. The average Bonchev–Trinajstić information content (AvgIpc) is 2.41. The van der Waals surface area contributed by atoms with Crippen molar-refractivity contribution in [3.63, 3.8) is 0 Å². The lowest BCUT2D eigenvalue weighted by Gasteiger charge is -2.08. The fourth-order valence-corrected chi connectivity index (χ4v) is 1.79. The van der Waals surface area contributed by atoms with Gasteiger partial charge in [0.15, 0.2) is 5.82 Å². The Balaban J connectivity index is 2.11. The molecular formula is C13H16BrN5. The molecule has 5 nitrogen and oxygen atoms in total. The molecule has 0 amide bonds. The molecule has 0 aliphatic heterocycles. The molecule has 19 heavy (non-hydrogen) atoms. The van der Waals surface area contributed by atoms with Gasteiger partial charge in [-0.25, -0.2) is 0 Å². The lowest BCUT2D eigenvalue weighted by atomic mass is 10.2. The van der Waals surface area contributed by atoms with E-state index in [-0.39, 0.29) is 0 Å². The van der Waals surface area contributed by atoms with Gasteiger partial charge in [0.1, 0.15) is 0 Å². The number of nitrogens with zero attached hydrogens (tertiary/aromatic N) is 3. The van der Waals surface area contributed by atoms with Gasteiger partial charge in [-0.05, 0) is 37.1 Å². The summed E-state index contributed by atoms with van der Waals surface area (Å²) in [6.07, 6.45) is 2.63. The van der Waals surface area contributed by atoms with Gasteiger partial charge in [0.25, 0.3) is 0 Å².